The van der Waals surface area contributed by atoms with Crippen LogP contribution in [0.25, 0.3) is 10.9 Å². The number of likely N-dealkylation sites (N-methyl/N-ethyl adjacent to an activating group) is 1. The Bertz CT molecular complexity index is 1200. The van der Waals surface area contributed by atoms with E-state index in [1.165, 1.54) is 12.3 Å². The molecule has 0 spiro atoms. The second-order valence-corrected chi connectivity index (χ2v) is 7.65. The molecule has 0 atom stereocenters. The number of halogens is 6. The first-order valence-corrected chi connectivity index (χ1v) is 9.81. The first kappa shape index (κ1) is 22.8. The van der Waals surface area contributed by atoms with Crippen LogP contribution in [0.4, 0.5) is 43.8 Å². The molecule has 3 aromatic rings. The summed E-state index contributed by atoms with van der Waals surface area (Å²) in [6.45, 7) is 2.54. The Labute approximate surface area is 183 Å². The van der Waals surface area contributed by atoms with Crippen molar-refractivity contribution in [3.8, 4) is 0 Å². The lowest BCUT2D eigenvalue weighted by molar-refractivity contribution is -0.143. The Hall–Kier alpha value is -3.35. The van der Waals surface area contributed by atoms with Crippen LogP contribution < -0.4 is 15.8 Å². The number of aromatic amines is 1. The number of nitrogens with one attached hydrogen (secondary N) is 2. The highest BCUT2D eigenvalue weighted by Gasteiger charge is 2.37. The molecule has 0 amide bonds. The maximum atomic E-state index is 13.2. The molecule has 176 valence electrons. The molecule has 0 saturated carbocycles. The SMILES string of the molecule is CN1CCN(c2nc(Nc3cc(C(F)(F)F)cc(C(F)(F)F)c3)c3c(=O)[nH]ccc3n2)CC1. The molecule has 0 bridgehead atoms. The topological polar surface area (TPSA) is 77.1 Å². The van der Waals surface area contributed by atoms with Crippen molar-refractivity contribution < 1.29 is 26.3 Å². The van der Waals surface area contributed by atoms with Crippen molar-refractivity contribution in [3.63, 3.8) is 0 Å². The first-order chi connectivity index (χ1) is 15.4. The minimum Gasteiger partial charge on any atom is -0.339 e. The third kappa shape index (κ3) is 4.87. The van der Waals surface area contributed by atoms with Gasteiger partial charge < -0.3 is 20.1 Å². The van der Waals surface area contributed by atoms with Crippen molar-refractivity contribution in [3.05, 3.63) is 51.9 Å². The molecule has 7 nitrogen and oxygen atoms in total. The second kappa shape index (κ2) is 8.21. The lowest BCUT2D eigenvalue weighted by atomic mass is 10.1. The van der Waals surface area contributed by atoms with Gasteiger partial charge in [0.05, 0.1) is 16.6 Å². The lowest BCUT2D eigenvalue weighted by Crippen LogP contribution is -2.45. The molecule has 33 heavy (non-hydrogen) atoms. The van der Waals surface area contributed by atoms with Gasteiger partial charge in [-0.1, -0.05) is 0 Å². The molecule has 2 N–H and O–H groups in total. The smallest absolute Gasteiger partial charge is 0.339 e. The van der Waals surface area contributed by atoms with E-state index in [1.54, 1.807) is 0 Å². The Morgan fingerprint density at radius 3 is 2.12 bits per heavy atom. The Kier molecular flexibility index (Phi) is 5.68. The van der Waals surface area contributed by atoms with Crippen LogP contribution in [-0.4, -0.2) is 53.1 Å². The number of rotatable bonds is 3. The van der Waals surface area contributed by atoms with Gasteiger partial charge in [0.25, 0.3) is 5.56 Å². The number of anilines is 3. The minimum atomic E-state index is -5.01. The van der Waals surface area contributed by atoms with E-state index in [4.69, 9.17) is 0 Å². The average Bonchev–Trinajstić information content (AvgIpc) is 2.72. The van der Waals surface area contributed by atoms with Crippen LogP contribution in [0.5, 0.6) is 0 Å². The number of benzene rings is 1. The van der Waals surface area contributed by atoms with Gasteiger partial charge in [0.1, 0.15) is 11.2 Å². The van der Waals surface area contributed by atoms with Crippen LogP contribution in [0.15, 0.2) is 35.3 Å². The predicted octanol–water partition coefficient (Wildman–Crippen LogP) is 3.85. The molecule has 0 radical (unpaired) electrons. The summed E-state index contributed by atoms with van der Waals surface area (Å²) in [6.07, 6.45) is -8.66. The molecule has 2 aromatic heterocycles. The summed E-state index contributed by atoms with van der Waals surface area (Å²) in [5, 5.41) is 2.41. The van der Waals surface area contributed by atoms with Crippen molar-refractivity contribution in [1.82, 2.24) is 19.9 Å². The summed E-state index contributed by atoms with van der Waals surface area (Å²) in [5.74, 6) is 0.0231. The number of pyridine rings is 1. The van der Waals surface area contributed by atoms with Gasteiger partial charge in [-0.25, -0.2) is 4.98 Å². The number of nitrogens with zero attached hydrogens (tertiary/aromatic N) is 4. The van der Waals surface area contributed by atoms with Gasteiger partial charge in [0.2, 0.25) is 5.95 Å². The fourth-order valence-corrected chi connectivity index (χ4v) is 3.48. The summed E-state index contributed by atoms with van der Waals surface area (Å²) in [5.41, 5.74) is -3.90. The summed E-state index contributed by atoms with van der Waals surface area (Å²) >= 11 is 0. The fourth-order valence-electron chi connectivity index (χ4n) is 3.48. The average molecular weight is 472 g/mol. The first-order valence-electron chi connectivity index (χ1n) is 9.81. The van der Waals surface area contributed by atoms with Gasteiger partial charge in [-0.15, -0.1) is 0 Å². The van der Waals surface area contributed by atoms with Crippen LogP contribution in [0.1, 0.15) is 11.1 Å². The molecule has 13 heteroatoms. The maximum Gasteiger partial charge on any atom is 0.416 e. The minimum absolute atomic E-state index is 0.0335. The van der Waals surface area contributed by atoms with Crippen LogP contribution >= 0.6 is 0 Å². The highest BCUT2D eigenvalue weighted by molar-refractivity contribution is 5.91. The van der Waals surface area contributed by atoms with Gasteiger partial charge in [-0.05, 0) is 31.3 Å². The number of fused-ring (bicyclic) bond motifs is 1. The lowest BCUT2D eigenvalue weighted by Gasteiger charge is -2.32. The zero-order chi connectivity index (χ0) is 24.0. The summed E-state index contributed by atoms with van der Waals surface area (Å²) in [4.78, 5) is 27.4. The summed E-state index contributed by atoms with van der Waals surface area (Å²) < 4.78 is 79.5. The largest absolute Gasteiger partial charge is 0.416 e. The van der Waals surface area contributed by atoms with E-state index < -0.39 is 34.7 Å². The van der Waals surface area contributed by atoms with Crippen molar-refractivity contribution in [2.24, 2.45) is 0 Å². The highest BCUT2D eigenvalue weighted by Crippen LogP contribution is 2.38. The molecule has 4 rings (SSSR count). The molecule has 1 aliphatic rings. The monoisotopic (exact) mass is 472 g/mol. The zero-order valence-corrected chi connectivity index (χ0v) is 17.2. The van der Waals surface area contributed by atoms with Crippen molar-refractivity contribution >= 4 is 28.4 Å². The van der Waals surface area contributed by atoms with Crippen LogP contribution in [0, 0.1) is 0 Å². The van der Waals surface area contributed by atoms with E-state index in [-0.39, 0.29) is 28.7 Å². The van der Waals surface area contributed by atoms with Gasteiger partial charge >= 0.3 is 12.4 Å². The number of H-pyrrole nitrogens is 1. The molecule has 0 unspecified atom stereocenters. The third-order valence-corrected chi connectivity index (χ3v) is 5.24. The Balaban J connectivity index is 1.83. The molecule has 3 heterocycles. The molecular formula is C20H18F6N6O. The molecule has 1 aliphatic heterocycles. The van der Waals surface area contributed by atoms with Crippen molar-refractivity contribution in [2.45, 2.75) is 12.4 Å². The van der Waals surface area contributed by atoms with Gasteiger partial charge in [0, 0.05) is 38.1 Å². The number of alkyl halides is 6. The maximum absolute atomic E-state index is 13.2. The summed E-state index contributed by atoms with van der Waals surface area (Å²) in [7, 11) is 1.94. The molecule has 0 aliphatic carbocycles. The van der Waals surface area contributed by atoms with E-state index in [9.17, 15) is 31.1 Å². The fraction of sp³-hybridized carbons (Fsp3) is 0.350. The normalized spacial score (nSPS) is 15.8. The van der Waals surface area contributed by atoms with Gasteiger partial charge in [-0.3, -0.25) is 4.79 Å². The molecular weight excluding hydrogens is 454 g/mol. The molecule has 1 aromatic carbocycles. The number of piperazine rings is 1. The van der Waals surface area contributed by atoms with E-state index in [0.29, 0.717) is 38.3 Å². The van der Waals surface area contributed by atoms with Crippen molar-refractivity contribution in [1.29, 1.82) is 0 Å². The van der Waals surface area contributed by atoms with E-state index >= 15 is 0 Å². The Morgan fingerprint density at radius 2 is 1.55 bits per heavy atom. The van der Waals surface area contributed by atoms with Crippen LogP contribution in [0.2, 0.25) is 0 Å². The standard InChI is InChI=1S/C20H18F6N6O/c1-31-4-6-32(7-5-31)18-29-14-2-3-27-17(33)15(14)16(30-18)28-13-9-11(19(21,22)23)8-12(10-13)20(24,25)26/h2-3,8-10H,4-7H2,1H3,(H,27,33)(H,28,29,30). The van der Waals surface area contributed by atoms with E-state index in [0.717, 1.165) is 0 Å². The van der Waals surface area contributed by atoms with Gasteiger partial charge in [-0.2, -0.15) is 31.3 Å². The molecule has 1 saturated heterocycles. The number of hydrogen-bond donors (Lipinski definition) is 2. The zero-order valence-electron chi connectivity index (χ0n) is 17.2. The quantitative estimate of drug-likeness (QED) is 0.564. The molecule has 1 fully saturated rings. The van der Waals surface area contributed by atoms with Gasteiger partial charge in [0.15, 0.2) is 0 Å². The highest BCUT2D eigenvalue weighted by atomic mass is 19.4. The second-order valence-electron chi connectivity index (χ2n) is 7.65. The Morgan fingerprint density at radius 1 is 0.939 bits per heavy atom. The number of hydrogen-bond acceptors (Lipinski definition) is 6. The van der Waals surface area contributed by atoms with Crippen molar-refractivity contribution in [2.75, 3.05) is 43.4 Å². The van der Waals surface area contributed by atoms with E-state index in [2.05, 4.69) is 25.2 Å². The number of aromatic nitrogens is 3. The van der Waals surface area contributed by atoms with Crippen LogP contribution in [0.3, 0.4) is 0 Å². The van der Waals surface area contributed by atoms with E-state index in [1.807, 2.05) is 11.9 Å². The van der Waals surface area contributed by atoms with Crippen LogP contribution in [-0.2, 0) is 12.4 Å². The summed E-state index contributed by atoms with van der Waals surface area (Å²) in [6, 6.07) is 2.59. The third-order valence-electron chi connectivity index (χ3n) is 5.24. The predicted molar refractivity (Wildman–Crippen MR) is 110 cm³/mol.